The Kier molecular flexibility index (Phi) is 5.88. The number of benzene rings is 1. The van der Waals surface area contributed by atoms with E-state index in [9.17, 15) is 9.90 Å². The van der Waals surface area contributed by atoms with Gasteiger partial charge in [0.25, 0.3) is 0 Å². The molecular formula is C24H34N2O2. The van der Waals surface area contributed by atoms with Crippen molar-refractivity contribution < 1.29 is 9.90 Å². The van der Waals surface area contributed by atoms with Crippen LogP contribution in [0.5, 0.6) is 0 Å². The maximum atomic E-state index is 11.3. The fourth-order valence-electron chi connectivity index (χ4n) is 4.75. The standard InChI is InChI=1S/C24H34N2O2/c1-2-18(14-17-6-4-3-5-7-17)21-15-22(21)26-20-10-8-19(9-11-20)25-16-24(12-13-24)23(27)28/h3-7,14,19-22,25-26H,2,8-13,15-16H2,1H3,(H,27,28)/b18-14+/t19-,20-,21-,22+/m0/s1. The lowest BCUT2D eigenvalue weighted by Gasteiger charge is -2.31. The van der Waals surface area contributed by atoms with Gasteiger partial charge in [0.2, 0.25) is 0 Å². The molecule has 1 aromatic rings. The van der Waals surface area contributed by atoms with E-state index in [1.54, 1.807) is 5.57 Å². The van der Waals surface area contributed by atoms with Crippen LogP contribution in [0.1, 0.15) is 63.9 Å². The minimum atomic E-state index is -0.620. The number of aliphatic carboxylic acids is 1. The molecule has 0 amide bonds. The van der Waals surface area contributed by atoms with Crippen molar-refractivity contribution in [2.75, 3.05) is 6.54 Å². The largest absolute Gasteiger partial charge is 0.481 e. The van der Waals surface area contributed by atoms with E-state index in [-0.39, 0.29) is 0 Å². The molecular weight excluding hydrogens is 348 g/mol. The molecule has 3 aliphatic rings. The van der Waals surface area contributed by atoms with Gasteiger partial charge in [-0.1, -0.05) is 48.9 Å². The number of hydrogen-bond donors (Lipinski definition) is 3. The van der Waals surface area contributed by atoms with Gasteiger partial charge in [0.15, 0.2) is 0 Å². The quantitative estimate of drug-likeness (QED) is 0.598. The lowest BCUT2D eigenvalue weighted by atomic mass is 9.90. The first-order valence-corrected chi connectivity index (χ1v) is 11.1. The van der Waals surface area contributed by atoms with Crippen LogP contribution < -0.4 is 10.6 Å². The van der Waals surface area contributed by atoms with Gasteiger partial charge in [0.05, 0.1) is 5.41 Å². The molecule has 4 rings (SSSR count). The van der Waals surface area contributed by atoms with Gasteiger partial charge < -0.3 is 15.7 Å². The molecule has 0 radical (unpaired) electrons. The van der Waals surface area contributed by atoms with Crippen molar-refractivity contribution in [1.82, 2.24) is 10.6 Å². The number of hydrogen-bond acceptors (Lipinski definition) is 3. The SMILES string of the molecule is CC/C(=C\c1ccccc1)[C@@H]1C[C@H]1N[C@H]1CC[C@H](NCC2(C(=O)O)CC2)CC1. The summed E-state index contributed by atoms with van der Waals surface area (Å²) in [5.74, 6) is 0.0803. The summed E-state index contributed by atoms with van der Waals surface area (Å²) in [6.07, 6.45) is 11.2. The number of carboxylic acid groups (broad SMARTS) is 1. The fourth-order valence-corrected chi connectivity index (χ4v) is 4.75. The maximum Gasteiger partial charge on any atom is 0.310 e. The topological polar surface area (TPSA) is 61.4 Å². The van der Waals surface area contributed by atoms with Gasteiger partial charge in [-0.2, -0.15) is 0 Å². The highest BCUT2D eigenvalue weighted by Gasteiger charge is 2.50. The Labute approximate surface area is 168 Å². The summed E-state index contributed by atoms with van der Waals surface area (Å²) in [6, 6.07) is 12.4. The fraction of sp³-hybridized carbons (Fsp3) is 0.625. The Balaban J connectivity index is 1.20. The Morgan fingerprint density at radius 3 is 2.43 bits per heavy atom. The van der Waals surface area contributed by atoms with Crippen molar-refractivity contribution in [3.63, 3.8) is 0 Å². The lowest BCUT2D eigenvalue weighted by molar-refractivity contribution is -0.143. The second-order valence-electron chi connectivity index (χ2n) is 9.11. The summed E-state index contributed by atoms with van der Waals surface area (Å²) in [5.41, 5.74) is 2.44. The molecule has 0 bridgehead atoms. The van der Waals surface area contributed by atoms with Crippen LogP contribution in [0.3, 0.4) is 0 Å². The minimum absolute atomic E-state index is 0.446. The molecule has 4 nitrogen and oxygen atoms in total. The van der Waals surface area contributed by atoms with Crippen molar-refractivity contribution in [2.45, 2.75) is 76.4 Å². The Bertz CT molecular complexity index is 703. The van der Waals surface area contributed by atoms with Gasteiger partial charge in [-0.05, 0) is 62.8 Å². The molecule has 0 aromatic heterocycles. The summed E-state index contributed by atoms with van der Waals surface area (Å²) in [5, 5.41) is 16.8. The summed E-state index contributed by atoms with van der Waals surface area (Å²) >= 11 is 0. The molecule has 4 heteroatoms. The lowest BCUT2D eigenvalue weighted by Crippen LogP contribution is -2.43. The zero-order valence-electron chi connectivity index (χ0n) is 17.0. The molecule has 0 aliphatic heterocycles. The van der Waals surface area contributed by atoms with Crippen LogP contribution in [-0.4, -0.2) is 35.7 Å². The molecule has 3 N–H and O–H groups in total. The number of rotatable bonds is 9. The van der Waals surface area contributed by atoms with E-state index >= 15 is 0 Å². The molecule has 28 heavy (non-hydrogen) atoms. The van der Waals surface area contributed by atoms with Crippen LogP contribution in [0.2, 0.25) is 0 Å². The smallest absolute Gasteiger partial charge is 0.310 e. The van der Waals surface area contributed by atoms with Gasteiger partial charge in [-0.3, -0.25) is 4.79 Å². The van der Waals surface area contributed by atoms with Crippen molar-refractivity contribution >= 4 is 12.0 Å². The van der Waals surface area contributed by atoms with E-state index in [4.69, 9.17) is 0 Å². The van der Waals surface area contributed by atoms with Crippen LogP contribution in [0.4, 0.5) is 0 Å². The summed E-state index contributed by atoms with van der Waals surface area (Å²) in [7, 11) is 0. The highest BCUT2D eigenvalue weighted by molar-refractivity contribution is 5.78. The van der Waals surface area contributed by atoms with E-state index in [2.05, 4.69) is 54.0 Å². The summed E-state index contributed by atoms with van der Waals surface area (Å²) in [4.78, 5) is 11.3. The first-order valence-electron chi connectivity index (χ1n) is 11.1. The van der Waals surface area contributed by atoms with Crippen LogP contribution in [0.25, 0.3) is 6.08 Å². The van der Waals surface area contributed by atoms with Gasteiger partial charge >= 0.3 is 5.97 Å². The maximum absolute atomic E-state index is 11.3. The van der Waals surface area contributed by atoms with Gasteiger partial charge in [0, 0.05) is 24.7 Å². The molecule has 3 aliphatic carbocycles. The number of nitrogens with one attached hydrogen (secondary N) is 2. The zero-order chi connectivity index (χ0) is 19.6. The average molecular weight is 383 g/mol. The molecule has 0 saturated heterocycles. The van der Waals surface area contributed by atoms with Gasteiger partial charge in [-0.15, -0.1) is 0 Å². The first-order chi connectivity index (χ1) is 13.6. The van der Waals surface area contributed by atoms with Crippen LogP contribution in [0, 0.1) is 11.3 Å². The monoisotopic (exact) mass is 382 g/mol. The van der Waals surface area contributed by atoms with E-state index in [0.29, 0.717) is 30.6 Å². The molecule has 2 atom stereocenters. The molecule has 3 saturated carbocycles. The number of carbonyl (C=O) groups is 1. The molecule has 0 heterocycles. The molecule has 1 aromatic carbocycles. The highest BCUT2D eigenvalue weighted by Crippen LogP contribution is 2.45. The number of carboxylic acids is 1. The van der Waals surface area contributed by atoms with E-state index in [1.807, 2.05) is 0 Å². The summed E-state index contributed by atoms with van der Waals surface area (Å²) in [6.45, 7) is 2.92. The second-order valence-corrected chi connectivity index (χ2v) is 9.11. The summed E-state index contributed by atoms with van der Waals surface area (Å²) < 4.78 is 0. The van der Waals surface area contributed by atoms with Crippen molar-refractivity contribution in [1.29, 1.82) is 0 Å². The predicted molar refractivity (Wildman–Crippen MR) is 113 cm³/mol. The highest BCUT2D eigenvalue weighted by atomic mass is 16.4. The molecule has 0 spiro atoms. The van der Waals surface area contributed by atoms with Crippen LogP contribution >= 0.6 is 0 Å². The normalized spacial score (nSPS) is 31.4. The van der Waals surface area contributed by atoms with Crippen molar-refractivity contribution in [3.05, 3.63) is 41.5 Å². The third-order valence-electron chi connectivity index (χ3n) is 7.04. The van der Waals surface area contributed by atoms with Gasteiger partial charge in [-0.25, -0.2) is 0 Å². The van der Waals surface area contributed by atoms with Crippen LogP contribution in [-0.2, 0) is 4.79 Å². The van der Waals surface area contributed by atoms with Crippen molar-refractivity contribution in [3.8, 4) is 0 Å². The third kappa shape index (κ3) is 4.66. The van der Waals surface area contributed by atoms with Crippen LogP contribution in [0.15, 0.2) is 35.9 Å². The van der Waals surface area contributed by atoms with E-state index < -0.39 is 11.4 Å². The second kappa shape index (κ2) is 8.38. The van der Waals surface area contributed by atoms with Crippen molar-refractivity contribution in [2.24, 2.45) is 11.3 Å². The minimum Gasteiger partial charge on any atom is -0.481 e. The average Bonchev–Trinajstić information content (AvgIpc) is 3.63. The molecule has 152 valence electrons. The molecule has 0 unspecified atom stereocenters. The molecule has 3 fully saturated rings. The van der Waals surface area contributed by atoms with Gasteiger partial charge in [0.1, 0.15) is 0 Å². The van der Waals surface area contributed by atoms with E-state index in [0.717, 1.165) is 32.1 Å². The van der Waals surface area contributed by atoms with E-state index in [1.165, 1.54) is 24.8 Å². The Hall–Kier alpha value is -1.65. The zero-order valence-corrected chi connectivity index (χ0v) is 17.0. The predicted octanol–water partition coefficient (Wildman–Crippen LogP) is 4.22. The Morgan fingerprint density at radius 2 is 1.82 bits per heavy atom. The Morgan fingerprint density at radius 1 is 1.14 bits per heavy atom. The third-order valence-corrected chi connectivity index (χ3v) is 7.04. The first kappa shape index (κ1) is 19.7.